The molecule has 1 atom stereocenters. The number of nitrogens with one attached hydrogen (secondary N) is 1. The average molecular weight is 443 g/mol. The molecule has 30 heavy (non-hydrogen) atoms. The number of rotatable bonds is 8. The zero-order chi connectivity index (χ0) is 22.5. The fourth-order valence-corrected chi connectivity index (χ4v) is 2.89. The number of carbonyl (C=O) groups is 3. The van der Waals surface area contributed by atoms with Crippen molar-refractivity contribution in [2.75, 3.05) is 39.2 Å². The van der Waals surface area contributed by atoms with Gasteiger partial charge in [-0.05, 0) is 38.5 Å². The standard InChI is InChI=1S/C20H27ClN2O7/c1-20(2,3)30-19(26)23(4)11-16(18(25)27-5)29-7-6-28-15-8-12-9-17(24)22-14(12)10-13(15)21/h8,10,16H,6-7,9,11H2,1-5H3,(H,22,24)/t16-/m0/s1. The van der Waals surface area contributed by atoms with E-state index in [9.17, 15) is 14.4 Å². The number of nitrogens with zero attached hydrogens (tertiary/aromatic N) is 1. The summed E-state index contributed by atoms with van der Waals surface area (Å²) in [4.78, 5) is 36.8. The molecule has 9 nitrogen and oxygen atoms in total. The third-order valence-electron chi connectivity index (χ3n) is 4.05. The number of anilines is 1. The lowest BCUT2D eigenvalue weighted by molar-refractivity contribution is -0.155. The van der Waals surface area contributed by atoms with Crippen LogP contribution in [0.25, 0.3) is 0 Å². The van der Waals surface area contributed by atoms with Gasteiger partial charge < -0.3 is 29.2 Å². The van der Waals surface area contributed by atoms with Gasteiger partial charge in [-0.2, -0.15) is 0 Å². The zero-order valence-electron chi connectivity index (χ0n) is 17.7. The van der Waals surface area contributed by atoms with Crippen LogP contribution < -0.4 is 10.1 Å². The predicted molar refractivity (Wildman–Crippen MR) is 110 cm³/mol. The molecule has 166 valence electrons. The van der Waals surface area contributed by atoms with Crippen LogP contribution in [0.1, 0.15) is 26.3 Å². The summed E-state index contributed by atoms with van der Waals surface area (Å²) < 4.78 is 21.2. The van der Waals surface area contributed by atoms with Crippen LogP contribution in [-0.2, 0) is 30.2 Å². The number of fused-ring (bicyclic) bond motifs is 1. The molecule has 0 unspecified atom stereocenters. The van der Waals surface area contributed by atoms with E-state index in [1.807, 2.05) is 0 Å². The van der Waals surface area contributed by atoms with E-state index in [1.165, 1.54) is 19.1 Å². The molecule has 0 saturated carbocycles. The summed E-state index contributed by atoms with van der Waals surface area (Å²) >= 11 is 6.18. The summed E-state index contributed by atoms with van der Waals surface area (Å²) in [5.41, 5.74) is 0.812. The van der Waals surface area contributed by atoms with Crippen LogP contribution >= 0.6 is 11.6 Å². The monoisotopic (exact) mass is 442 g/mol. The van der Waals surface area contributed by atoms with E-state index in [1.54, 1.807) is 32.9 Å². The number of hydrogen-bond donors (Lipinski definition) is 1. The highest BCUT2D eigenvalue weighted by Crippen LogP contribution is 2.34. The first-order chi connectivity index (χ1) is 14.0. The number of halogens is 1. The molecule has 10 heteroatoms. The normalized spacial score (nSPS) is 13.9. The number of benzene rings is 1. The molecule has 2 amide bonds. The van der Waals surface area contributed by atoms with Gasteiger partial charge in [0.25, 0.3) is 0 Å². The maximum Gasteiger partial charge on any atom is 0.410 e. The predicted octanol–water partition coefficient (Wildman–Crippen LogP) is 2.64. The fraction of sp³-hybridized carbons (Fsp3) is 0.550. The minimum absolute atomic E-state index is 0.0467. The Kier molecular flexibility index (Phi) is 7.91. The van der Waals surface area contributed by atoms with Crippen molar-refractivity contribution in [3.63, 3.8) is 0 Å². The molecular weight excluding hydrogens is 416 g/mol. The Morgan fingerprint density at radius 3 is 2.60 bits per heavy atom. The highest BCUT2D eigenvalue weighted by atomic mass is 35.5. The van der Waals surface area contributed by atoms with Gasteiger partial charge in [0.15, 0.2) is 6.10 Å². The van der Waals surface area contributed by atoms with Crippen LogP contribution in [0, 0.1) is 0 Å². The van der Waals surface area contributed by atoms with Gasteiger partial charge >= 0.3 is 12.1 Å². The molecule has 0 radical (unpaired) electrons. The molecule has 1 aromatic carbocycles. The van der Waals surface area contributed by atoms with Gasteiger partial charge in [0.1, 0.15) is 18.0 Å². The Morgan fingerprint density at radius 2 is 1.97 bits per heavy atom. The average Bonchev–Trinajstić information content (AvgIpc) is 3.00. The van der Waals surface area contributed by atoms with Crippen molar-refractivity contribution >= 4 is 35.3 Å². The minimum Gasteiger partial charge on any atom is -0.490 e. The summed E-state index contributed by atoms with van der Waals surface area (Å²) in [6.45, 7) is 5.35. The molecule has 2 rings (SSSR count). The topological polar surface area (TPSA) is 103 Å². The highest BCUT2D eigenvalue weighted by Gasteiger charge is 2.27. The maximum atomic E-state index is 12.1. The number of likely N-dealkylation sites (N-methyl/N-ethyl adjacent to an activating group) is 1. The van der Waals surface area contributed by atoms with Gasteiger partial charge in [-0.1, -0.05) is 11.6 Å². The van der Waals surface area contributed by atoms with Crippen LogP contribution in [0.15, 0.2) is 12.1 Å². The summed E-state index contributed by atoms with van der Waals surface area (Å²) in [7, 11) is 2.74. The first-order valence-electron chi connectivity index (χ1n) is 9.38. The second-order valence-electron chi connectivity index (χ2n) is 7.76. The van der Waals surface area contributed by atoms with Gasteiger partial charge in [0.2, 0.25) is 5.91 Å². The van der Waals surface area contributed by atoms with Crippen molar-refractivity contribution < 1.29 is 33.3 Å². The number of methoxy groups -OCH3 is 1. The van der Waals surface area contributed by atoms with E-state index < -0.39 is 23.8 Å². The lowest BCUT2D eigenvalue weighted by Crippen LogP contribution is -2.43. The minimum atomic E-state index is -1.01. The van der Waals surface area contributed by atoms with Gasteiger partial charge in [0.05, 0.1) is 31.7 Å². The Balaban J connectivity index is 1.88. The van der Waals surface area contributed by atoms with E-state index >= 15 is 0 Å². The van der Waals surface area contributed by atoms with E-state index in [0.717, 1.165) is 5.56 Å². The highest BCUT2D eigenvalue weighted by molar-refractivity contribution is 6.32. The molecule has 1 aliphatic rings. The van der Waals surface area contributed by atoms with E-state index in [-0.39, 0.29) is 32.1 Å². The molecule has 1 N–H and O–H groups in total. The van der Waals surface area contributed by atoms with E-state index in [0.29, 0.717) is 16.5 Å². The van der Waals surface area contributed by atoms with Crippen molar-refractivity contribution in [3.8, 4) is 5.75 Å². The Labute approximate surface area is 180 Å². The molecule has 0 saturated heterocycles. The molecule has 0 aliphatic carbocycles. The smallest absolute Gasteiger partial charge is 0.410 e. The molecule has 0 aromatic heterocycles. The number of amides is 2. The molecular formula is C20H27ClN2O7. The van der Waals surface area contributed by atoms with Crippen LogP contribution in [-0.4, -0.2) is 68.5 Å². The molecule has 1 aromatic rings. The third-order valence-corrected chi connectivity index (χ3v) is 4.35. The Morgan fingerprint density at radius 1 is 1.27 bits per heavy atom. The molecule has 1 aliphatic heterocycles. The first kappa shape index (κ1) is 23.8. The second-order valence-corrected chi connectivity index (χ2v) is 8.16. The molecule has 0 spiro atoms. The van der Waals surface area contributed by atoms with Crippen molar-refractivity contribution in [3.05, 3.63) is 22.7 Å². The fourth-order valence-electron chi connectivity index (χ4n) is 2.67. The Bertz CT molecular complexity index is 807. The van der Waals surface area contributed by atoms with Crippen LogP contribution in [0.2, 0.25) is 5.02 Å². The summed E-state index contributed by atoms with van der Waals surface area (Å²) in [5.74, 6) is -0.307. The van der Waals surface area contributed by atoms with Gasteiger partial charge in [-0.15, -0.1) is 0 Å². The molecule has 1 heterocycles. The molecule has 0 bridgehead atoms. The largest absolute Gasteiger partial charge is 0.490 e. The summed E-state index contributed by atoms with van der Waals surface area (Å²) in [6.07, 6.45) is -1.32. The van der Waals surface area contributed by atoms with E-state index in [2.05, 4.69) is 5.32 Å². The van der Waals surface area contributed by atoms with Gasteiger partial charge in [-0.3, -0.25) is 4.79 Å². The number of carbonyl (C=O) groups excluding carboxylic acids is 3. The SMILES string of the molecule is COC(=O)[C@H](CN(C)C(=O)OC(C)(C)C)OCCOc1cc2c(cc1Cl)NC(=O)C2. The van der Waals surface area contributed by atoms with Crippen molar-refractivity contribution in [2.45, 2.75) is 38.9 Å². The lowest BCUT2D eigenvalue weighted by Gasteiger charge is -2.26. The second kappa shape index (κ2) is 9.99. The zero-order valence-corrected chi connectivity index (χ0v) is 18.5. The van der Waals surface area contributed by atoms with Crippen molar-refractivity contribution in [1.29, 1.82) is 0 Å². The lowest BCUT2D eigenvalue weighted by atomic mass is 10.1. The maximum absolute atomic E-state index is 12.1. The number of hydrogen-bond acceptors (Lipinski definition) is 7. The van der Waals surface area contributed by atoms with E-state index in [4.69, 9.17) is 30.5 Å². The first-order valence-corrected chi connectivity index (χ1v) is 9.76. The Hall–Kier alpha value is -2.52. The quantitative estimate of drug-likeness (QED) is 0.487. The van der Waals surface area contributed by atoms with Gasteiger partial charge in [0, 0.05) is 12.7 Å². The van der Waals surface area contributed by atoms with Gasteiger partial charge in [-0.25, -0.2) is 9.59 Å². The number of esters is 1. The summed E-state index contributed by atoms with van der Waals surface area (Å²) in [5, 5.41) is 3.06. The van der Waals surface area contributed by atoms with Crippen molar-refractivity contribution in [1.82, 2.24) is 4.90 Å². The van der Waals surface area contributed by atoms with Crippen LogP contribution in [0.3, 0.4) is 0 Å². The molecule has 0 fully saturated rings. The van der Waals surface area contributed by atoms with Crippen molar-refractivity contribution in [2.24, 2.45) is 0 Å². The third kappa shape index (κ3) is 6.77. The van der Waals surface area contributed by atoms with Crippen LogP contribution in [0.4, 0.5) is 10.5 Å². The summed E-state index contributed by atoms with van der Waals surface area (Å²) in [6, 6.07) is 3.33. The van der Waals surface area contributed by atoms with Crippen LogP contribution in [0.5, 0.6) is 5.75 Å². The number of ether oxygens (including phenoxy) is 4.